The molecule has 3 aliphatic heterocycles. The van der Waals surface area contributed by atoms with Crippen molar-refractivity contribution in [2.45, 2.75) is 43.2 Å². The monoisotopic (exact) mass is 606 g/mol. The van der Waals surface area contributed by atoms with E-state index < -0.39 is 12.7 Å². The first-order valence-electron chi connectivity index (χ1n) is 14.3. The Morgan fingerprint density at radius 1 is 1.02 bits per heavy atom. The molecule has 3 aliphatic rings. The zero-order valence-electron chi connectivity index (χ0n) is 24.0. The Hall–Kier alpha value is -3.94. The van der Waals surface area contributed by atoms with Gasteiger partial charge in [-0.25, -0.2) is 0 Å². The molecular weight excluding hydrogens is 573 g/mol. The Bertz CT molecular complexity index is 1640. The highest BCUT2D eigenvalue weighted by atomic mass is 32.2. The van der Waals surface area contributed by atoms with Crippen LogP contribution in [0.1, 0.15) is 19.0 Å². The molecule has 2 bridgehead atoms. The summed E-state index contributed by atoms with van der Waals surface area (Å²) in [7, 11) is 0. The maximum absolute atomic E-state index is 13.7. The van der Waals surface area contributed by atoms with Crippen molar-refractivity contribution in [1.29, 1.82) is 0 Å². The van der Waals surface area contributed by atoms with Crippen LogP contribution in [0.5, 0.6) is 5.75 Å². The summed E-state index contributed by atoms with van der Waals surface area (Å²) in [6.07, 6.45) is -0.623. The number of nitrogens with one attached hydrogen (secondary N) is 2. The van der Waals surface area contributed by atoms with Crippen LogP contribution in [0.4, 0.5) is 35.9 Å². The zero-order valence-corrected chi connectivity index (χ0v) is 24.8. The molecule has 2 unspecified atom stereocenters. The summed E-state index contributed by atoms with van der Waals surface area (Å²) in [5, 5.41) is 7.31. The standard InChI is InChI=1S/C33H33F3N4O2S/c1-3-41-32-18-27(43-2)13-14-30(32)37-15-5-6-24-16-28-29(7-4-8-31(28)40(24)21-33(34,35)36)38-22-9-11-23(12-10-22)39-19-25-17-26(20-39)42-25/h4,7-14,16,18,25-26,37-38H,3,15,17,19-21H2,1-2H3. The highest BCUT2D eigenvalue weighted by Gasteiger charge is 2.38. The fraction of sp³-hybridized carbons (Fsp3) is 0.333. The third-order valence-corrected chi connectivity index (χ3v) is 8.35. The summed E-state index contributed by atoms with van der Waals surface area (Å²) in [6.45, 7) is 3.34. The first-order chi connectivity index (χ1) is 20.8. The number of hydrogen-bond acceptors (Lipinski definition) is 6. The largest absolute Gasteiger partial charge is 0.492 e. The SMILES string of the molecule is CCOc1cc(SC)ccc1NCC#Cc1cc2c(Nc3ccc(N4CC5CC(C4)O5)cc3)cccc2n1CC(F)(F)F. The number of ether oxygens (including phenoxy) is 2. The van der Waals surface area contributed by atoms with E-state index in [1.54, 1.807) is 30.0 Å². The average Bonchev–Trinajstić information content (AvgIpc) is 3.32. The van der Waals surface area contributed by atoms with E-state index in [2.05, 4.69) is 39.5 Å². The summed E-state index contributed by atoms with van der Waals surface area (Å²) in [6, 6.07) is 21.0. The fourth-order valence-corrected chi connectivity index (χ4v) is 6.08. The number of anilines is 4. The smallest absolute Gasteiger partial charge is 0.406 e. The van der Waals surface area contributed by atoms with Gasteiger partial charge in [-0.05, 0) is 79.8 Å². The van der Waals surface area contributed by atoms with Gasteiger partial charge in [0.25, 0.3) is 0 Å². The second-order valence-corrected chi connectivity index (χ2v) is 11.5. The van der Waals surface area contributed by atoms with Crippen LogP contribution in [-0.2, 0) is 11.3 Å². The predicted molar refractivity (Wildman–Crippen MR) is 168 cm³/mol. The summed E-state index contributed by atoms with van der Waals surface area (Å²) < 4.78 is 53.7. The number of aromatic nitrogens is 1. The second kappa shape index (κ2) is 12.3. The highest BCUT2D eigenvalue weighted by Crippen LogP contribution is 2.34. The van der Waals surface area contributed by atoms with Crippen molar-refractivity contribution >= 4 is 45.4 Å². The molecule has 0 amide bonds. The Kier molecular flexibility index (Phi) is 8.37. The molecule has 3 fully saturated rings. The molecule has 2 N–H and O–H groups in total. The maximum atomic E-state index is 13.7. The van der Waals surface area contributed by atoms with Gasteiger partial charge in [-0.2, -0.15) is 13.2 Å². The Balaban J connectivity index is 1.22. The molecule has 0 aliphatic carbocycles. The molecule has 7 rings (SSSR count). The van der Waals surface area contributed by atoms with Crippen molar-refractivity contribution in [2.24, 2.45) is 0 Å². The van der Waals surface area contributed by atoms with Crippen molar-refractivity contribution in [1.82, 2.24) is 4.57 Å². The highest BCUT2D eigenvalue weighted by molar-refractivity contribution is 7.98. The van der Waals surface area contributed by atoms with Crippen LogP contribution in [0.2, 0.25) is 0 Å². The molecule has 3 saturated heterocycles. The van der Waals surface area contributed by atoms with Crippen molar-refractivity contribution < 1.29 is 22.6 Å². The molecule has 0 spiro atoms. The second-order valence-electron chi connectivity index (χ2n) is 10.6. The van der Waals surface area contributed by atoms with Crippen LogP contribution >= 0.6 is 11.8 Å². The van der Waals surface area contributed by atoms with Crippen LogP contribution in [0.15, 0.2) is 71.6 Å². The predicted octanol–water partition coefficient (Wildman–Crippen LogP) is 7.51. The Morgan fingerprint density at radius 3 is 2.49 bits per heavy atom. The summed E-state index contributed by atoms with van der Waals surface area (Å²) in [5.74, 6) is 6.69. The molecular formula is C33H33F3N4O2S. The molecule has 4 aromatic rings. The van der Waals surface area contributed by atoms with Crippen LogP contribution in [0.25, 0.3) is 10.9 Å². The summed E-state index contributed by atoms with van der Waals surface area (Å²) in [4.78, 5) is 3.41. The number of morpholine rings is 1. The van der Waals surface area contributed by atoms with E-state index in [9.17, 15) is 13.2 Å². The number of halogens is 3. The Morgan fingerprint density at radius 2 is 1.79 bits per heavy atom. The van der Waals surface area contributed by atoms with Gasteiger partial charge in [-0.3, -0.25) is 0 Å². The topological polar surface area (TPSA) is 50.7 Å². The number of alkyl halides is 3. The average molecular weight is 607 g/mol. The zero-order chi connectivity index (χ0) is 30.0. The minimum absolute atomic E-state index is 0.244. The van der Waals surface area contributed by atoms with Crippen LogP contribution in [-0.4, -0.2) is 55.4 Å². The van der Waals surface area contributed by atoms with Gasteiger partial charge < -0.3 is 29.6 Å². The number of fused-ring (bicyclic) bond motifs is 3. The molecule has 4 heterocycles. The van der Waals surface area contributed by atoms with Gasteiger partial charge in [0.15, 0.2) is 0 Å². The van der Waals surface area contributed by atoms with Gasteiger partial charge in [0, 0.05) is 46.9 Å². The third-order valence-electron chi connectivity index (χ3n) is 7.63. The third kappa shape index (κ3) is 6.68. The van der Waals surface area contributed by atoms with Crippen LogP contribution < -0.4 is 20.3 Å². The van der Waals surface area contributed by atoms with Crippen LogP contribution in [0, 0.1) is 11.8 Å². The van der Waals surface area contributed by atoms with E-state index in [1.807, 2.05) is 49.6 Å². The molecule has 1 aromatic heterocycles. The van der Waals surface area contributed by atoms with Crippen molar-refractivity contribution in [2.75, 3.05) is 48.0 Å². The lowest BCUT2D eigenvalue weighted by Gasteiger charge is -2.48. The van der Waals surface area contributed by atoms with Gasteiger partial charge in [0.1, 0.15) is 12.3 Å². The minimum Gasteiger partial charge on any atom is -0.492 e. The minimum atomic E-state index is -4.40. The molecule has 10 heteroatoms. The number of hydrogen-bond donors (Lipinski definition) is 2. The molecule has 6 nitrogen and oxygen atoms in total. The van der Waals surface area contributed by atoms with Gasteiger partial charge in [0.05, 0.1) is 42.3 Å². The normalized spacial score (nSPS) is 17.7. The lowest BCUT2D eigenvalue weighted by atomic mass is 9.98. The first kappa shape index (κ1) is 29.1. The van der Waals surface area contributed by atoms with Crippen LogP contribution in [0.3, 0.4) is 0 Å². The first-order valence-corrected chi connectivity index (χ1v) is 15.5. The van der Waals surface area contributed by atoms with E-state index in [0.717, 1.165) is 47.2 Å². The number of nitrogens with zero attached hydrogens (tertiary/aromatic N) is 2. The summed E-state index contributed by atoms with van der Waals surface area (Å²) in [5.41, 5.74) is 4.26. The molecule has 0 saturated carbocycles. The maximum Gasteiger partial charge on any atom is 0.406 e. The van der Waals surface area contributed by atoms with Gasteiger partial charge in [-0.1, -0.05) is 12.0 Å². The quantitative estimate of drug-likeness (QED) is 0.152. The van der Waals surface area contributed by atoms with Gasteiger partial charge in [-0.15, -0.1) is 11.8 Å². The summed E-state index contributed by atoms with van der Waals surface area (Å²) >= 11 is 1.62. The number of thioether (sulfide) groups is 1. The van der Waals surface area contributed by atoms with E-state index in [4.69, 9.17) is 9.47 Å². The van der Waals surface area contributed by atoms with E-state index >= 15 is 0 Å². The lowest BCUT2D eigenvalue weighted by molar-refractivity contribution is -0.140. The van der Waals surface area contributed by atoms with E-state index in [0.29, 0.717) is 41.2 Å². The number of rotatable bonds is 9. The molecule has 43 heavy (non-hydrogen) atoms. The fourth-order valence-electron chi connectivity index (χ4n) is 5.65. The van der Waals surface area contributed by atoms with E-state index in [1.165, 1.54) is 4.57 Å². The van der Waals surface area contributed by atoms with Gasteiger partial charge >= 0.3 is 6.18 Å². The lowest BCUT2D eigenvalue weighted by Crippen LogP contribution is -2.57. The molecule has 2 atom stereocenters. The number of piperidine rings is 1. The van der Waals surface area contributed by atoms with Crippen molar-refractivity contribution in [3.05, 3.63) is 72.4 Å². The Labute approximate surface area is 253 Å². The molecule has 224 valence electrons. The molecule has 3 aromatic carbocycles. The number of benzene rings is 3. The van der Waals surface area contributed by atoms with Gasteiger partial charge in [0.2, 0.25) is 0 Å². The van der Waals surface area contributed by atoms with Crippen molar-refractivity contribution in [3.8, 4) is 17.6 Å². The van der Waals surface area contributed by atoms with Crippen molar-refractivity contribution in [3.63, 3.8) is 0 Å². The van der Waals surface area contributed by atoms with E-state index in [-0.39, 0.29) is 6.54 Å². The molecule has 0 radical (unpaired) electrons.